The van der Waals surface area contributed by atoms with E-state index in [1.165, 1.54) is 12.1 Å². The van der Waals surface area contributed by atoms with Gasteiger partial charge in [-0.15, -0.1) is 0 Å². The summed E-state index contributed by atoms with van der Waals surface area (Å²) in [7, 11) is 1.66. The van der Waals surface area contributed by atoms with Gasteiger partial charge < -0.3 is 14.6 Å². The largest absolute Gasteiger partial charge is 0.383 e. The fourth-order valence-electron chi connectivity index (χ4n) is 3.48. The van der Waals surface area contributed by atoms with Crippen molar-refractivity contribution in [3.63, 3.8) is 0 Å². The van der Waals surface area contributed by atoms with Crippen LogP contribution in [-0.2, 0) is 11.3 Å². The standard InChI is InChI=1S/C24H20ClFN2O2/c1-30-13-12-28-22-11-10-19(27-24(29)20-4-2-3-5-21(20)25)14-17(22)15-23(28)16-6-8-18(26)9-7-16/h2-11,14-15H,12-13H2,1H3,(H,27,29). The maximum atomic E-state index is 13.4. The summed E-state index contributed by atoms with van der Waals surface area (Å²) in [5.41, 5.74) is 3.95. The molecule has 0 unspecified atom stereocenters. The van der Waals surface area contributed by atoms with E-state index >= 15 is 0 Å². The first-order chi connectivity index (χ1) is 14.6. The highest BCUT2D eigenvalue weighted by Crippen LogP contribution is 2.30. The molecule has 0 fully saturated rings. The molecule has 0 aliphatic heterocycles. The van der Waals surface area contributed by atoms with Crippen molar-refractivity contribution in [2.45, 2.75) is 6.54 Å². The molecule has 0 spiro atoms. The van der Waals surface area contributed by atoms with E-state index in [1.807, 2.05) is 24.3 Å². The Morgan fingerprint density at radius 1 is 1.07 bits per heavy atom. The van der Waals surface area contributed by atoms with Crippen LogP contribution in [0.15, 0.2) is 72.8 Å². The summed E-state index contributed by atoms with van der Waals surface area (Å²) in [6.45, 7) is 1.20. The topological polar surface area (TPSA) is 43.3 Å². The van der Waals surface area contributed by atoms with Crippen molar-refractivity contribution in [3.8, 4) is 11.3 Å². The number of carbonyl (C=O) groups is 1. The molecular formula is C24H20ClFN2O2. The number of aromatic nitrogens is 1. The smallest absolute Gasteiger partial charge is 0.257 e. The van der Waals surface area contributed by atoms with Crippen LogP contribution in [0.25, 0.3) is 22.2 Å². The van der Waals surface area contributed by atoms with Gasteiger partial charge in [0.05, 0.1) is 17.2 Å². The average molecular weight is 423 g/mol. The van der Waals surface area contributed by atoms with Crippen molar-refractivity contribution in [2.75, 3.05) is 19.0 Å². The molecule has 4 rings (SSSR count). The fourth-order valence-corrected chi connectivity index (χ4v) is 3.70. The van der Waals surface area contributed by atoms with Gasteiger partial charge in [-0.1, -0.05) is 23.7 Å². The minimum absolute atomic E-state index is 0.266. The molecule has 0 aliphatic rings. The highest BCUT2D eigenvalue weighted by molar-refractivity contribution is 6.34. The first-order valence-electron chi connectivity index (χ1n) is 9.51. The molecule has 0 atom stereocenters. The van der Waals surface area contributed by atoms with E-state index in [2.05, 4.69) is 9.88 Å². The first kappa shape index (κ1) is 20.1. The maximum absolute atomic E-state index is 13.4. The second-order valence-corrected chi connectivity index (χ2v) is 7.30. The van der Waals surface area contributed by atoms with Gasteiger partial charge in [0, 0.05) is 35.9 Å². The molecule has 0 saturated carbocycles. The zero-order valence-electron chi connectivity index (χ0n) is 16.4. The lowest BCUT2D eigenvalue weighted by molar-refractivity contribution is 0.102. The molecule has 6 heteroatoms. The second kappa shape index (κ2) is 8.69. The molecule has 4 nitrogen and oxygen atoms in total. The maximum Gasteiger partial charge on any atom is 0.257 e. The van der Waals surface area contributed by atoms with E-state index in [0.29, 0.717) is 29.4 Å². The van der Waals surface area contributed by atoms with Crippen LogP contribution in [0.1, 0.15) is 10.4 Å². The number of hydrogen-bond acceptors (Lipinski definition) is 2. The monoisotopic (exact) mass is 422 g/mol. The summed E-state index contributed by atoms with van der Waals surface area (Å²) in [6.07, 6.45) is 0. The molecule has 0 bridgehead atoms. The van der Waals surface area contributed by atoms with Gasteiger partial charge in [-0.05, 0) is 66.2 Å². The van der Waals surface area contributed by atoms with Crippen LogP contribution < -0.4 is 5.32 Å². The Labute approximate surface area is 178 Å². The van der Waals surface area contributed by atoms with Crippen LogP contribution >= 0.6 is 11.6 Å². The minimum atomic E-state index is -0.275. The van der Waals surface area contributed by atoms with E-state index in [1.54, 1.807) is 43.5 Å². The number of ether oxygens (including phenoxy) is 1. The third kappa shape index (κ3) is 4.08. The number of amides is 1. The molecule has 0 saturated heterocycles. The van der Waals surface area contributed by atoms with E-state index in [9.17, 15) is 9.18 Å². The zero-order chi connectivity index (χ0) is 21.1. The molecule has 152 valence electrons. The first-order valence-corrected chi connectivity index (χ1v) is 9.88. The summed E-state index contributed by atoms with van der Waals surface area (Å²) >= 11 is 6.13. The number of benzene rings is 3. The van der Waals surface area contributed by atoms with Crippen molar-refractivity contribution in [2.24, 2.45) is 0 Å². The molecule has 1 N–H and O–H groups in total. The lowest BCUT2D eigenvalue weighted by Gasteiger charge is -2.11. The van der Waals surface area contributed by atoms with E-state index in [4.69, 9.17) is 16.3 Å². The number of hydrogen-bond donors (Lipinski definition) is 1. The van der Waals surface area contributed by atoms with Gasteiger partial charge in [-0.2, -0.15) is 0 Å². The van der Waals surface area contributed by atoms with Crippen molar-refractivity contribution in [3.05, 3.63) is 89.2 Å². The van der Waals surface area contributed by atoms with Gasteiger partial charge >= 0.3 is 0 Å². The lowest BCUT2D eigenvalue weighted by Crippen LogP contribution is -2.12. The van der Waals surface area contributed by atoms with Gasteiger partial charge in [-0.3, -0.25) is 4.79 Å². The third-order valence-corrected chi connectivity index (χ3v) is 5.27. The normalized spacial score (nSPS) is 11.0. The molecule has 1 aromatic heterocycles. The van der Waals surface area contributed by atoms with Crippen molar-refractivity contribution in [1.82, 2.24) is 4.57 Å². The number of methoxy groups -OCH3 is 1. The van der Waals surface area contributed by atoms with Crippen LogP contribution in [-0.4, -0.2) is 24.2 Å². The number of nitrogens with zero attached hydrogens (tertiary/aromatic N) is 1. The zero-order valence-corrected chi connectivity index (χ0v) is 17.1. The Kier molecular flexibility index (Phi) is 5.84. The Morgan fingerprint density at radius 3 is 2.57 bits per heavy atom. The molecule has 1 amide bonds. The molecule has 1 heterocycles. The average Bonchev–Trinajstić information content (AvgIpc) is 3.10. The highest BCUT2D eigenvalue weighted by atomic mass is 35.5. The molecule has 3 aromatic carbocycles. The van der Waals surface area contributed by atoms with Crippen LogP contribution in [0.4, 0.5) is 10.1 Å². The van der Waals surface area contributed by atoms with Crippen molar-refractivity contribution < 1.29 is 13.9 Å². The van der Waals surface area contributed by atoms with Crippen molar-refractivity contribution >= 4 is 34.1 Å². The Hall–Kier alpha value is -3.15. The second-order valence-electron chi connectivity index (χ2n) is 6.89. The number of halogens is 2. The quantitative estimate of drug-likeness (QED) is 0.414. The minimum Gasteiger partial charge on any atom is -0.383 e. The Bertz CT molecular complexity index is 1200. The SMILES string of the molecule is COCCn1c(-c2ccc(F)cc2)cc2cc(NC(=O)c3ccccc3Cl)ccc21. The third-order valence-electron chi connectivity index (χ3n) is 4.94. The number of rotatable bonds is 6. The van der Waals surface area contributed by atoms with E-state index < -0.39 is 0 Å². The molecular weight excluding hydrogens is 403 g/mol. The van der Waals surface area contributed by atoms with Gasteiger partial charge in [-0.25, -0.2) is 4.39 Å². The van der Waals surface area contributed by atoms with Crippen LogP contribution in [0.3, 0.4) is 0 Å². The molecule has 4 aromatic rings. The number of nitrogens with one attached hydrogen (secondary N) is 1. The van der Waals surface area contributed by atoms with E-state index in [0.717, 1.165) is 22.2 Å². The number of fused-ring (bicyclic) bond motifs is 1. The van der Waals surface area contributed by atoms with Gasteiger partial charge in [0.2, 0.25) is 0 Å². The van der Waals surface area contributed by atoms with Crippen molar-refractivity contribution in [1.29, 1.82) is 0 Å². The summed E-state index contributed by atoms with van der Waals surface area (Å²) in [5.74, 6) is -0.541. The molecule has 30 heavy (non-hydrogen) atoms. The van der Waals surface area contributed by atoms with Gasteiger partial charge in [0.25, 0.3) is 5.91 Å². The predicted molar refractivity (Wildman–Crippen MR) is 119 cm³/mol. The lowest BCUT2D eigenvalue weighted by atomic mass is 10.1. The number of carbonyl (C=O) groups excluding carboxylic acids is 1. The summed E-state index contributed by atoms with van der Waals surface area (Å²) < 4.78 is 20.8. The van der Waals surface area contributed by atoms with Crippen LogP contribution in [0, 0.1) is 5.82 Å². The van der Waals surface area contributed by atoms with Gasteiger partial charge in [0.15, 0.2) is 0 Å². The summed E-state index contributed by atoms with van der Waals surface area (Å²) in [4.78, 5) is 12.6. The summed E-state index contributed by atoms with van der Waals surface area (Å²) in [6, 6.07) is 21.1. The fraction of sp³-hybridized carbons (Fsp3) is 0.125. The van der Waals surface area contributed by atoms with Crippen LogP contribution in [0.2, 0.25) is 5.02 Å². The molecule has 0 radical (unpaired) electrons. The highest BCUT2D eigenvalue weighted by Gasteiger charge is 2.14. The molecule has 0 aliphatic carbocycles. The van der Waals surface area contributed by atoms with Crippen LogP contribution in [0.5, 0.6) is 0 Å². The van der Waals surface area contributed by atoms with Gasteiger partial charge in [0.1, 0.15) is 5.82 Å². The number of anilines is 1. The predicted octanol–water partition coefficient (Wildman–Crippen LogP) is 6.00. The Balaban J connectivity index is 1.71. The Morgan fingerprint density at radius 2 is 1.83 bits per heavy atom. The van der Waals surface area contributed by atoms with E-state index in [-0.39, 0.29) is 11.7 Å². The summed E-state index contributed by atoms with van der Waals surface area (Å²) in [5, 5.41) is 4.27.